The van der Waals surface area contributed by atoms with Gasteiger partial charge >= 0.3 is 5.97 Å². The molecule has 5 nitrogen and oxygen atoms in total. The van der Waals surface area contributed by atoms with Gasteiger partial charge in [0, 0.05) is 20.0 Å². The van der Waals surface area contributed by atoms with E-state index in [1.165, 1.54) is 7.11 Å². The molecule has 0 aliphatic heterocycles. The fourth-order valence-electron chi connectivity index (χ4n) is 1.13. The Morgan fingerprint density at radius 1 is 1.27 bits per heavy atom. The molecular formula is C10H20N2O3. The number of nitrogens with one attached hydrogen (secondary N) is 1. The van der Waals surface area contributed by atoms with Gasteiger partial charge in [0.1, 0.15) is 0 Å². The predicted molar refractivity (Wildman–Crippen MR) is 57.4 cm³/mol. The summed E-state index contributed by atoms with van der Waals surface area (Å²) >= 11 is 0. The van der Waals surface area contributed by atoms with Gasteiger partial charge in [-0.15, -0.1) is 0 Å². The Hall–Kier alpha value is -1.10. The maximum Gasteiger partial charge on any atom is 0.306 e. The van der Waals surface area contributed by atoms with Gasteiger partial charge in [0.15, 0.2) is 0 Å². The third kappa shape index (κ3) is 7.93. The SMILES string of the molecule is CNC(=O)CCCN(C)CCC(=O)OC. The first-order chi connectivity index (χ1) is 7.10. The molecule has 15 heavy (non-hydrogen) atoms. The molecule has 0 unspecified atom stereocenters. The highest BCUT2D eigenvalue weighted by atomic mass is 16.5. The minimum absolute atomic E-state index is 0.0522. The van der Waals surface area contributed by atoms with Crippen LogP contribution >= 0.6 is 0 Å². The van der Waals surface area contributed by atoms with Crippen molar-refractivity contribution in [2.75, 3.05) is 34.3 Å². The van der Waals surface area contributed by atoms with Crippen molar-refractivity contribution in [1.29, 1.82) is 0 Å². The minimum atomic E-state index is -0.201. The fourth-order valence-corrected chi connectivity index (χ4v) is 1.13. The lowest BCUT2D eigenvalue weighted by molar-refractivity contribution is -0.141. The lowest BCUT2D eigenvalue weighted by Gasteiger charge is -2.15. The number of esters is 1. The van der Waals surface area contributed by atoms with Crippen LogP contribution in [-0.4, -0.2) is 51.1 Å². The molecule has 0 aromatic carbocycles. The van der Waals surface area contributed by atoms with E-state index < -0.39 is 0 Å². The smallest absolute Gasteiger partial charge is 0.306 e. The Morgan fingerprint density at radius 3 is 2.47 bits per heavy atom. The second kappa shape index (κ2) is 8.23. The van der Waals surface area contributed by atoms with Crippen molar-refractivity contribution in [3.05, 3.63) is 0 Å². The summed E-state index contributed by atoms with van der Waals surface area (Å²) in [5.74, 6) is -0.149. The van der Waals surface area contributed by atoms with E-state index in [0.717, 1.165) is 13.0 Å². The number of hydrogen-bond donors (Lipinski definition) is 1. The van der Waals surface area contributed by atoms with E-state index in [1.54, 1.807) is 7.05 Å². The highest BCUT2D eigenvalue weighted by Gasteiger charge is 2.04. The molecule has 0 saturated heterocycles. The van der Waals surface area contributed by atoms with Crippen LogP contribution in [0.25, 0.3) is 0 Å². The molecule has 5 heteroatoms. The molecule has 0 aromatic rings. The standard InChI is InChI=1S/C10H20N2O3/c1-11-9(13)5-4-7-12(2)8-6-10(14)15-3/h4-8H2,1-3H3,(H,11,13). The van der Waals surface area contributed by atoms with E-state index in [0.29, 0.717) is 19.4 Å². The molecule has 1 amide bonds. The molecule has 1 N–H and O–H groups in total. The van der Waals surface area contributed by atoms with Gasteiger partial charge < -0.3 is 15.0 Å². The van der Waals surface area contributed by atoms with E-state index in [-0.39, 0.29) is 11.9 Å². The van der Waals surface area contributed by atoms with Crippen LogP contribution in [0.4, 0.5) is 0 Å². The number of amides is 1. The van der Waals surface area contributed by atoms with Crippen LogP contribution in [-0.2, 0) is 14.3 Å². The molecule has 0 spiro atoms. The number of rotatable bonds is 7. The average molecular weight is 216 g/mol. The molecule has 0 aromatic heterocycles. The van der Waals surface area contributed by atoms with Gasteiger partial charge in [-0.1, -0.05) is 0 Å². The maximum absolute atomic E-state index is 10.9. The highest BCUT2D eigenvalue weighted by Crippen LogP contribution is 1.95. The Labute approximate surface area is 90.8 Å². The molecule has 0 heterocycles. The second-order valence-corrected chi connectivity index (χ2v) is 3.41. The zero-order valence-electron chi connectivity index (χ0n) is 9.71. The van der Waals surface area contributed by atoms with Crippen LogP contribution in [0.3, 0.4) is 0 Å². The molecule has 88 valence electrons. The summed E-state index contributed by atoms with van der Waals surface area (Å²) < 4.78 is 4.53. The number of nitrogens with zero attached hydrogens (tertiary/aromatic N) is 1. The lowest BCUT2D eigenvalue weighted by atomic mass is 10.2. The van der Waals surface area contributed by atoms with E-state index in [4.69, 9.17) is 0 Å². The van der Waals surface area contributed by atoms with Crippen LogP contribution in [0.2, 0.25) is 0 Å². The summed E-state index contributed by atoms with van der Waals surface area (Å²) in [4.78, 5) is 23.7. The number of carbonyl (C=O) groups is 2. The highest BCUT2D eigenvalue weighted by molar-refractivity contribution is 5.75. The van der Waals surface area contributed by atoms with Crippen LogP contribution in [0.1, 0.15) is 19.3 Å². The van der Waals surface area contributed by atoms with Crippen LogP contribution in [0, 0.1) is 0 Å². The monoisotopic (exact) mass is 216 g/mol. The Morgan fingerprint density at radius 2 is 1.93 bits per heavy atom. The lowest BCUT2D eigenvalue weighted by Crippen LogP contribution is -2.25. The zero-order chi connectivity index (χ0) is 11.7. The maximum atomic E-state index is 10.9. The first-order valence-corrected chi connectivity index (χ1v) is 5.06. The summed E-state index contributed by atoms with van der Waals surface area (Å²) in [6, 6.07) is 0. The van der Waals surface area contributed by atoms with Gasteiger partial charge in [0.2, 0.25) is 5.91 Å². The molecule has 0 aliphatic rings. The van der Waals surface area contributed by atoms with E-state index in [2.05, 4.69) is 10.1 Å². The van der Waals surface area contributed by atoms with Crippen molar-refractivity contribution in [2.45, 2.75) is 19.3 Å². The van der Waals surface area contributed by atoms with Gasteiger partial charge in [-0.25, -0.2) is 0 Å². The summed E-state index contributed by atoms with van der Waals surface area (Å²) in [6.45, 7) is 1.48. The van der Waals surface area contributed by atoms with Crippen molar-refractivity contribution < 1.29 is 14.3 Å². The van der Waals surface area contributed by atoms with Crippen molar-refractivity contribution in [3.63, 3.8) is 0 Å². The van der Waals surface area contributed by atoms with Crippen molar-refractivity contribution >= 4 is 11.9 Å². The molecular weight excluding hydrogens is 196 g/mol. The zero-order valence-corrected chi connectivity index (χ0v) is 9.71. The molecule has 0 atom stereocenters. The Balaban J connectivity index is 3.45. The summed E-state index contributed by atoms with van der Waals surface area (Å²) in [5.41, 5.74) is 0. The molecule has 0 aliphatic carbocycles. The van der Waals surface area contributed by atoms with Gasteiger partial charge in [-0.05, 0) is 20.0 Å². The molecule has 0 saturated carbocycles. The summed E-state index contributed by atoms with van der Waals surface area (Å²) in [6.07, 6.45) is 1.73. The third-order valence-corrected chi connectivity index (χ3v) is 2.15. The number of carbonyl (C=O) groups excluding carboxylic acids is 2. The number of ether oxygens (including phenoxy) is 1. The molecule has 0 fully saturated rings. The van der Waals surface area contributed by atoms with Gasteiger partial charge in [0.05, 0.1) is 13.5 Å². The van der Waals surface area contributed by atoms with Gasteiger partial charge in [-0.2, -0.15) is 0 Å². The number of methoxy groups -OCH3 is 1. The summed E-state index contributed by atoms with van der Waals surface area (Å²) in [5, 5.41) is 2.57. The van der Waals surface area contributed by atoms with Crippen molar-refractivity contribution in [2.24, 2.45) is 0 Å². The second-order valence-electron chi connectivity index (χ2n) is 3.41. The Bertz CT molecular complexity index is 207. The van der Waals surface area contributed by atoms with Crippen molar-refractivity contribution in [3.8, 4) is 0 Å². The van der Waals surface area contributed by atoms with Crippen LogP contribution in [0.5, 0.6) is 0 Å². The quantitative estimate of drug-likeness (QED) is 0.609. The van der Waals surface area contributed by atoms with Crippen LogP contribution < -0.4 is 5.32 Å². The Kier molecular flexibility index (Phi) is 7.62. The number of hydrogen-bond acceptors (Lipinski definition) is 4. The van der Waals surface area contributed by atoms with Crippen LogP contribution in [0.15, 0.2) is 0 Å². The van der Waals surface area contributed by atoms with E-state index in [1.807, 2.05) is 11.9 Å². The van der Waals surface area contributed by atoms with Crippen molar-refractivity contribution in [1.82, 2.24) is 10.2 Å². The first kappa shape index (κ1) is 13.9. The minimum Gasteiger partial charge on any atom is -0.469 e. The molecule has 0 radical (unpaired) electrons. The fraction of sp³-hybridized carbons (Fsp3) is 0.800. The van der Waals surface area contributed by atoms with E-state index >= 15 is 0 Å². The average Bonchev–Trinajstić information content (AvgIpc) is 2.25. The van der Waals surface area contributed by atoms with Gasteiger partial charge in [0.25, 0.3) is 0 Å². The summed E-state index contributed by atoms with van der Waals surface area (Å²) in [7, 11) is 4.93. The molecule has 0 rings (SSSR count). The van der Waals surface area contributed by atoms with Gasteiger partial charge in [-0.3, -0.25) is 9.59 Å². The predicted octanol–water partition coefficient (Wildman–Crippen LogP) is 0.00750. The first-order valence-electron chi connectivity index (χ1n) is 5.06. The normalized spacial score (nSPS) is 10.1. The largest absolute Gasteiger partial charge is 0.469 e. The molecule has 0 bridgehead atoms. The topological polar surface area (TPSA) is 58.6 Å². The van der Waals surface area contributed by atoms with E-state index in [9.17, 15) is 9.59 Å². The third-order valence-electron chi connectivity index (χ3n) is 2.15.